The van der Waals surface area contributed by atoms with Gasteiger partial charge < -0.3 is 0 Å². The van der Waals surface area contributed by atoms with Crippen molar-refractivity contribution in [3.8, 4) is 0 Å². The van der Waals surface area contributed by atoms with Crippen LogP contribution in [0.3, 0.4) is 0 Å². The Morgan fingerprint density at radius 1 is 1.00 bits per heavy atom. The van der Waals surface area contributed by atoms with Gasteiger partial charge in [0.15, 0.2) is 0 Å². The summed E-state index contributed by atoms with van der Waals surface area (Å²) in [5, 5.41) is 4.63. The predicted octanol–water partition coefficient (Wildman–Crippen LogP) is 4.97. The standard InChI is InChI=1S/C25H26ClN3O3S/c1-19-17-22(26)15-16-24(19)29(33(31,32)23-11-7-4-8-12-23)18-25(30)28-27-20(2)13-14-21-9-5-3-6-10-21/h3-12,15-17H,13-14,18H2,1-2H3,(H,28,30)/b27-20-. The van der Waals surface area contributed by atoms with Gasteiger partial charge in [-0.3, -0.25) is 9.10 Å². The highest BCUT2D eigenvalue weighted by atomic mass is 35.5. The normalized spacial score (nSPS) is 11.8. The number of sulfonamides is 1. The van der Waals surface area contributed by atoms with Crippen LogP contribution < -0.4 is 9.73 Å². The molecule has 0 unspecified atom stereocenters. The molecule has 0 radical (unpaired) electrons. The quantitative estimate of drug-likeness (QED) is 0.345. The maximum absolute atomic E-state index is 13.4. The van der Waals surface area contributed by atoms with Crippen LogP contribution in [0.1, 0.15) is 24.5 Å². The van der Waals surface area contributed by atoms with E-state index < -0.39 is 22.5 Å². The van der Waals surface area contributed by atoms with E-state index in [1.165, 1.54) is 17.7 Å². The van der Waals surface area contributed by atoms with E-state index in [4.69, 9.17) is 11.6 Å². The number of carbonyl (C=O) groups is 1. The van der Waals surface area contributed by atoms with Gasteiger partial charge in [0.2, 0.25) is 0 Å². The van der Waals surface area contributed by atoms with Crippen LogP contribution in [0, 0.1) is 6.92 Å². The van der Waals surface area contributed by atoms with Crippen molar-refractivity contribution in [2.75, 3.05) is 10.8 Å². The van der Waals surface area contributed by atoms with Crippen LogP contribution in [0.2, 0.25) is 5.02 Å². The summed E-state index contributed by atoms with van der Waals surface area (Å²) in [5.41, 5.74) is 5.43. The zero-order chi connectivity index (χ0) is 23.8. The van der Waals surface area contributed by atoms with Crippen LogP contribution in [-0.4, -0.2) is 26.6 Å². The molecular formula is C25H26ClN3O3S. The third-order valence-corrected chi connectivity index (χ3v) is 7.04. The summed E-state index contributed by atoms with van der Waals surface area (Å²) >= 11 is 6.05. The van der Waals surface area contributed by atoms with Gasteiger partial charge in [-0.25, -0.2) is 13.8 Å². The fourth-order valence-corrected chi connectivity index (χ4v) is 5.00. The summed E-state index contributed by atoms with van der Waals surface area (Å²) in [6, 6.07) is 22.8. The summed E-state index contributed by atoms with van der Waals surface area (Å²) in [4.78, 5) is 12.8. The van der Waals surface area contributed by atoms with Crippen molar-refractivity contribution >= 4 is 38.9 Å². The van der Waals surface area contributed by atoms with Gasteiger partial charge in [0.05, 0.1) is 10.6 Å². The first-order valence-electron chi connectivity index (χ1n) is 10.5. The first-order valence-corrected chi connectivity index (χ1v) is 12.3. The molecule has 0 saturated heterocycles. The summed E-state index contributed by atoms with van der Waals surface area (Å²) < 4.78 is 27.8. The van der Waals surface area contributed by atoms with Gasteiger partial charge >= 0.3 is 0 Å². The lowest BCUT2D eigenvalue weighted by Gasteiger charge is -2.25. The fraction of sp³-hybridized carbons (Fsp3) is 0.200. The third kappa shape index (κ3) is 6.66. The molecule has 3 aromatic carbocycles. The maximum Gasteiger partial charge on any atom is 0.264 e. The highest BCUT2D eigenvalue weighted by molar-refractivity contribution is 7.92. The Morgan fingerprint density at radius 2 is 1.64 bits per heavy atom. The molecule has 33 heavy (non-hydrogen) atoms. The molecule has 0 heterocycles. The first-order chi connectivity index (χ1) is 15.8. The lowest BCUT2D eigenvalue weighted by molar-refractivity contribution is -0.119. The first kappa shape index (κ1) is 24.5. The number of anilines is 1. The molecule has 0 saturated carbocycles. The minimum absolute atomic E-state index is 0.0923. The van der Waals surface area contributed by atoms with E-state index in [1.54, 1.807) is 43.3 Å². The SMILES string of the molecule is C/C(CCc1ccccc1)=N/NC(=O)CN(c1ccc(Cl)cc1C)S(=O)(=O)c1ccccc1. The maximum atomic E-state index is 13.4. The van der Waals surface area contributed by atoms with Crippen molar-refractivity contribution in [3.63, 3.8) is 0 Å². The number of hydrogen-bond donors (Lipinski definition) is 1. The van der Waals surface area contributed by atoms with Crippen molar-refractivity contribution in [2.24, 2.45) is 5.10 Å². The smallest absolute Gasteiger partial charge is 0.264 e. The molecule has 3 rings (SSSR count). The van der Waals surface area contributed by atoms with Gasteiger partial charge in [0, 0.05) is 10.7 Å². The van der Waals surface area contributed by atoms with E-state index in [2.05, 4.69) is 10.5 Å². The van der Waals surface area contributed by atoms with Crippen molar-refractivity contribution in [1.82, 2.24) is 5.43 Å². The number of hydrazone groups is 1. The van der Waals surface area contributed by atoms with Crippen LogP contribution in [0.25, 0.3) is 0 Å². The highest BCUT2D eigenvalue weighted by Crippen LogP contribution is 2.28. The van der Waals surface area contributed by atoms with E-state index in [0.29, 0.717) is 22.7 Å². The number of rotatable bonds is 9. The van der Waals surface area contributed by atoms with Crippen LogP contribution in [-0.2, 0) is 21.2 Å². The minimum Gasteiger partial charge on any atom is -0.271 e. The molecule has 172 valence electrons. The zero-order valence-electron chi connectivity index (χ0n) is 18.5. The Balaban J connectivity index is 1.78. The van der Waals surface area contributed by atoms with E-state index in [9.17, 15) is 13.2 Å². The minimum atomic E-state index is -3.99. The van der Waals surface area contributed by atoms with Crippen LogP contribution in [0.15, 0.2) is 88.9 Å². The van der Waals surface area contributed by atoms with Crippen molar-refractivity contribution in [1.29, 1.82) is 0 Å². The molecule has 0 aliphatic carbocycles. The van der Waals surface area contributed by atoms with Crippen LogP contribution >= 0.6 is 11.6 Å². The number of amides is 1. The monoisotopic (exact) mass is 483 g/mol. The molecule has 0 bridgehead atoms. The number of halogens is 1. The molecule has 0 aliphatic rings. The molecule has 1 amide bonds. The van der Waals surface area contributed by atoms with E-state index in [1.807, 2.05) is 37.3 Å². The number of nitrogens with zero attached hydrogens (tertiary/aromatic N) is 2. The Labute approximate surface area is 200 Å². The summed E-state index contributed by atoms with van der Waals surface area (Å²) in [5.74, 6) is -0.539. The van der Waals surface area contributed by atoms with Crippen molar-refractivity contribution in [3.05, 3.63) is 95.0 Å². The van der Waals surface area contributed by atoms with Crippen LogP contribution in [0.4, 0.5) is 5.69 Å². The second kappa shape index (κ2) is 11.1. The Morgan fingerprint density at radius 3 is 2.27 bits per heavy atom. The zero-order valence-corrected chi connectivity index (χ0v) is 20.1. The number of aryl methyl sites for hydroxylation is 2. The van der Waals surface area contributed by atoms with E-state index in [-0.39, 0.29) is 4.90 Å². The Kier molecular flexibility index (Phi) is 8.25. The summed E-state index contributed by atoms with van der Waals surface area (Å²) in [7, 11) is -3.99. The largest absolute Gasteiger partial charge is 0.271 e. The Bertz CT molecular complexity index is 1230. The average molecular weight is 484 g/mol. The third-order valence-electron chi connectivity index (χ3n) is 5.04. The molecule has 0 spiro atoms. The van der Waals surface area contributed by atoms with Gasteiger partial charge in [-0.05, 0) is 68.1 Å². The predicted molar refractivity (Wildman–Crippen MR) is 133 cm³/mol. The lowest BCUT2D eigenvalue weighted by atomic mass is 10.1. The molecule has 1 N–H and O–H groups in total. The lowest BCUT2D eigenvalue weighted by Crippen LogP contribution is -2.40. The molecule has 3 aromatic rings. The summed E-state index contributed by atoms with van der Waals surface area (Å²) in [6.45, 7) is 3.15. The molecule has 0 atom stereocenters. The van der Waals surface area contributed by atoms with Gasteiger partial charge in [0.1, 0.15) is 6.54 Å². The number of hydrogen-bond acceptors (Lipinski definition) is 4. The molecule has 6 nitrogen and oxygen atoms in total. The number of carbonyl (C=O) groups excluding carboxylic acids is 1. The second-order valence-corrected chi connectivity index (χ2v) is 9.92. The second-order valence-electron chi connectivity index (χ2n) is 7.62. The fourth-order valence-electron chi connectivity index (χ4n) is 3.27. The molecule has 0 aromatic heterocycles. The summed E-state index contributed by atoms with van der Waals surface area (Å²) in [6.07, 6.45) is 1.47. The van der Waals surface area contributed by atoms with Gasteiger partial charge in [0.25, 0.3) is 15.9 Å². The Hall–Kier alpha value is -3.16. The highest BCUT2D eigenvalue weighted by Gasteiger charge is 2.28. The van der Waals surface area contributed by atoms with Crippen molar-refractivity contribution < 1.29 is 13.2 Å². The van der Waals surface area contributed by atoms with E-state index in [0.717, 1.165) is 16.4 Å². The molecular weight excluding hydrogens is 458 g/mol. The molecule has 0 fully saturated rings. The van der Waals surface area contributed by atoms with Crippen molar-refractivity contribution in [2.45, 2.75) is 31.6 Å². The average Bonchev–Trinajstić information content (AvgIpc) is 2.81. The number of nitrogens with one attached hydrogen (secondary N) is 1. The topological polar surface area (TPSA) is 78.8 Å². The van der Waals surface area contributed by atoms with Gasteiger partial charge in [-0.1, -0.05) is 60.1 Å². The molecule has 0 aliphatic heterocycles. The van der Waals surface area contributed by atoms with Crippen LogP contribution in [0.5, 0.6) is 0 Å². The number of benzene rings is 3. The van der Waals surface area contributed by atoms with Gasteiger partial charge in [-0.2, -0.15) is 5.10 Å². The molecule has 8 heteroatoms. The van der Waals surface area contributed by atoms with E-state index >= 15 is 0 Å². The van der Waals surface area contributed by atoms with Gasteiger partial charge in [-0.15, -0.1) is 0 Å².